The van der Waals surface area contributed by atoms with E-state index in [4.69, 9.17) is 14.2 Å². The standard InChI is InChI=1S/C23H22N2O3/c1-25-20-11-9-17(18-10-12-21(26-2)22(14-18)27-3)13-19(20)24-23(25)28-15-16-7-5-4-6-8-16/h4-14H,15H2,1-3H3. The van der Waals surface area contributed by atoms with Gasteiger partial charge in [-0.2, -0.15) is 4.98 Å². The summed E-state index contributed by atoms with van der Waals surface area (Å²) in [7, 11) is 5.24. The van der Waals surface area contributed by atoms with Crippen LogP contribution in [-0.4, -0.2) is 23.8 Å². The Hall–Kier alpha value is -3.47. The number of methoxy groups -OCH3 is 2. The minimum Gasteiger partial charge on any atom is -0.493 e. The summed E-state index contributed by atoms with van der Waals surface area (Å²) < 4.78 is 18.6. The van der Waals surface area contributed by atoms with Crippen molar-refractivity contribution in [2.75, 3.05) is 14.2 Å². The largest absolute Gasteiger partial charge is 0.493 e. The highest BCUT2D eigenvalue weighted by Crippen LogP contribution is 2.33. The van der Waals surface area contributed by atoms with Gasteiger partial charge in [-0.3, -0.25) is 4.57 Å². The molecule has 0 radical (unpaired) electrons. The third-order valence-corrected chi connectivity index (χ3v) is 4.77. The summed E-state index contributed by atoms with van der Waals surface area (Å²) in [4.78, 5) is 4.67. The van der Waals surface area contributed by atoms with Gasteiger partial charge in [0, 0.05) is 7.05 Å². The van der Waals surface area contributed by atoms with Gasteiger partial charge in [0.05, 0.1) is 25.3 Å². The first-order valence-corrected chi connectivity index (χ1v) is 9.05. The molecule has 0 aliphatic carbocycles. The number of hydrogen-bond donors (Lipinski definition) is 0. The molecule has 4 aromatic rings. The van der Waals surface area contributed by atoms with Crippen molar-refractivity contribution in [3.05, 3.63) is 72.3 Å². The second-order valence-electron chi connectivity index (χ2n) is 6.50. The van der Waals surface area contributed by atoms with Gasteiger partial charge in [0.25, 0.3) is 6.01 Å². The Morgan fingerprint density at radius 3 is 2.29 bits per heavy atom. The number of ether oxygens (including phenoxy) is 3. The lowest BCUT2D eigenvalue weighted by Gasteiger charge is -2.09. The lowest BCUT2D eigenvalue weighted by molar-refractivity contribution is 0.273. The molecule has 0 aliphatic heterocycles. The van der Waals surface area contributed by atoms with Crippen LogP contribution in [0.15, 0.2) is 66.7 Å². The molecule has 0 aliphatic rings. The fourth-order valence-corrected chi connectivity index (χ4v) is 3.22. The number of rotatable bonds is 6. The van der Waals surface area contributed by atoms with E-state index >= 15 is 0 Å². The van der Waals surface area contributed by atoms with Crippen LogP contribution in [0.4, 0.5) is 0 Å². The van der Waals surface area contributed by atoms with Crippen molar-refractivity contribution in [1.82, 2.24) is 9.55 Å². The SMILES string of the molecule is COc1ccc(-c2ccc3c(c2)nc(OCc2ccccc2)n3C)cc1OC. The Morgan fingerprint density at radius 2 is 1.54 bits per heavy atom. The lowest BCUT2D eigenvalue weighted by atomic mass is 10.0. The Labute approximate surface area is 164 Å². The summed E-state index contributed by atoms with van der Waals surface area (Å²) >= 11 is 0. The number of imidazole rings is 1. The molecule has 142 valence electrons. The molecule has 0 saturated heterocycles. The minimum atomic E-state index is 0.487. The van der Waals surface area contributed by atoms with Crippen molar-refractivity contribution in [3.8, 4) is 28.6 Å². The van der Waals surface area contributed by atoms with E-state index in [9.17, 15) is 0 Å². The Kier molecular flexibility index (Phi) is 4.89. The maximum Gasteiger partial charge on any atom is 0.297 e. The van der Waals surface area contributed by atoms with Gasteiger partial charge < -0.3 is 14.2 Å². The fraction of sp³-hybridized carbons (Fsp3) is 0.174. The van der Waals surface area contributed by atoms with Crippen molar-refractivity contribution in [2.45, 2.75) is 6.61 Å². The maximum absolute atomic E-state index is 5.94. The van der Waals surface area contributed by atoms with Crippen LogP contribution >= 0.6 is 0 Å². The summed E-state index contributed by atoms with van der Waals surface area (Å²) in [6.45, 7) is 0.487. The number of aromatic nitrogens is 2. The molecule has 0 amide bonds. The highest BCUT2D eigenvalue weighted by atomic mass is 16.5. The van der Waals surface area contributed by atoms with Crippen LogP contribution in [0.1, 0.15) is 5.56 Å². The molecule has 5 nitrogen and oxygen atoms in total. The predicted molar refractivity (Wildman–Crippen MR) is 110 cm³/mol. The Bertz CT molecular complexity index is 1100. The number of nitrogens with zero attached hydrogens (tertiary/aromatic N) is 2. The zero-order valence-corrected chi connectivity index (χ0v) is 16.2. The van der Waals surface area contributed by atoms with E-state index in [1.807, 2.05) is 60.1 Å². The van der Waals surface area contributed by atoms with Crippen LogP contribution < -0.4 is 14.2 Å². The maximum atomic E-state index is 5.94. The van der Waals surface area contributed by atoms with E-state index < -0.39 is 0 Å². The summed E-state index contributed by atoms with van der Waals surface area (Å²) in [5.74, 6) is 1.41. The van der Waals surface area contributed by atoms with E-state index in [2.05, 4.69) is 23.2 Å². The highest BCUT2D eigenvalue weighted by Gasteiger charge is 2.12. The molecule has 5 heteroatoms. The van der Waals surface area contributed by atoms with Crippen LogP contribution in [0, 0.1) is 0 Å². The number of benzene rings is 3. The van der Waals surface area contributed by atoms with Crippen LogP contribution in [0.25, 0.3) is 22.2 Å². The third-order valence-electron chi connectivity index (χ3n) is 4.77. The average molecular weight is 374 g/mol. The first kappa shape index (κ1) is 17.9. The molecular weight excluding hydrogens is 352 g/mol. The van der Waals surface area contributed by atoms with Crippen LogP contribution in [-0.2, 0) is 13.7 Å². The molecule has 28 heavy (non-hydrogen) atoms. The van der Waals surface area contributed by atoms with E-state index in [-0.39, 0.29) is 0 Å². The summed E-state index contributed by atoms with van der Waals surface area (Å²) in [6.07, 6.45) is 0. The van der Waals surface area contributed by atoms with E-state index in [0.717, 1.165) is 27.7 Å². The van der Waals surface area contributed by atoms with Gasteiger partial charge in [-0.15, -0.1) is 0 Å². The van der Waals surface area contributed by atoms with E-state index in [0.29, 0.717) is 24.1 Å². The van der Waals surface area contributed by atoms with Gasteiger partial charge in [-0.05, 0) is 41.0 Å². The topological polar surface area (TPSA) is 45.5 Å². The highest BCUT2D eigenvalue weighted by molar-refractivity contribution is 5.83. The second kappa shape index (κ2) is 7.64. The molecular formula is C23H22N2O3. The summed E-state index contributed by atoms with van der Waals surface area (Å²) in [6, 6.07) is 22.8. The third kappa shape index (κ3) is 3.39. The molecule has 4 rings (SSSR count). The molecule has 3 aromatic carbocycles. The van der Waals surface area contributed by atoms with Crippen molar-refractivity contribution in [3.63, 3.8) is 0 Å². The first-order chi connectivity index (χ1) is 13.7. The van der Waals surface area contributed by atoms with E-state index in [1.165, 1.54) is 0 Å². The molecule has 0 bridgehead atoms. The molecule has 0 N–H and O–H groups in total. The smallest absolute Gasteiger partial charge is 0.297 e. The second-order valence-corrected chi connectivity index (χ2v) is 6.50. The molecule has 0 fully saturated rings. The number of aryl methyl sites for hydroxylation is 1. The monoisotopic (exact) mass is 374 g/mol. The van der Waals surface area contributed by atoms with Gasteiger partial charge in [-0.1, -0.05) is 42.5 Å². The van der Waals surface area contributed by atoms with Gasteiger partial charge in [-0.25, -0.2) is 0 Å². The van der Waals surface area contributed by atoms with Crippen LogP contribution in [0.5, 0.6) is 17.5 Å². The van der Waals surface area contributed by atoms with Gasteiger partial charge in [0.15, 0.2) is 11.5 Å². The van der Waals surface area contributed by atoms with Crippen LogP contribution in [0.2, 0.25) is 0 Å². The van der Waals surface area contributed by atoms with Crippen molar-refractivity contribution >= 4 is 11.0 Å². The van der Waals surface area contributed by atoms with Crippen molar-refractivity contribution < 1.29 is 14.2 Å². The summed E-state index contributed by atoms with van der Waals surface area (Å²) in [5, 5.41) is 0. The molecule has 1 aromatic heterocycles. The zero-order valence-electron chi connectivity index (χ0n) is 16.2. The molecule has 0 spiro atoms. The van der Waals surface area contributed by atoms with Gasteiger partial charge >= 0.3 is 0 Å². The van der Waals surface area contributed by atoms with Crippen molar-refractivity contribution in [2.24, 2.45) is 7.05 Å². The average Bonchev–Trinajstić information content (AvgIpc) is 3.07. The Balaban J connectivity index is 1.64. The fourth-order valence-electron chi connectivity index (χ4n) is 3.22. The summed E-state index contributed by atoms with van der Waals surface area (Å²) in [5.41, 5.74) is 5.11. The molecule has 0 atom stereocenters. The molecule has 0 saturated carbocycles. The van der Waals surface area contributed by atoms with Gasteiger partial charge in [0.1, 0.15) is 6.61 Å². The Morgan fingerprint density at radius 1 is 0.821 bits per heavy atom. The quantitative estimate of drug-likeness (QED) is 0.485. The predicted octanol–water partition coefficient (Wildman–Crippen LogP) is 4.84. The normalized spacial score (nSPS) is 10.8. The zero-order chi connectivity index (χ0) is 19.5. The molecule has 1 heterocycles. The van der Waals surface area contributed by atoms with Crippen LogP contribution in [0.3, 0.4) is 0 Å². The molecule has 0 unspecified atom stereocenters. The van der Waals surface area contributed by atoms with E-state index in [1.54, 1.807) is 14.2 Å². The first-order valence-electron chi connectivity index (χ1n) is 9.05. The van der Waals surface area contributed by atoms with Gasteiger partial charge in [0.2, 0.25) is 0 Å². The number of hydrogen-bond acceptors (Lipinski definition) is 4. The van der Waals surface area contributed by atoms with Crippen molar-refractivity contribution in [1.29, 1.82) is 0 Å². The minimum absolute atomic E-state index is 0.487. The number of fused-ring (bicyclic) bond motifs is 1. The lowest BCUT2D eigenvalue weighted by Crippen LogP contribution is -2.00.